The maximum atomic E-state index is 3.71. The van der Waals surface area contributed by atoms with Crippen molar-refractivity contribution in [3.63, 3.8) is 0 Å². The first kappa shape index (κ1) is 10.4. The van der Waals surface area contributed by atoms with Crippen molar-refractivity contribution in [2.45, 2.75) is 45.7 Å². The van der Waals surface area contributed by atoms with E-state index in [0.717, 1.165) is 30.5 Å². The Kier molecular flexibility index (Phi) is 3.13. The Hall–Kier alpha value is -0.0800. The highest BCUT2D eigenvalue weighted by atomic mass is 15.2. The molecule has 1 N–H and O–H groups in total. The molecule has 0 aromatic carbocycles. The van der Waals surface area contributed by atoms with Gasteiger partial charge in [-0.1, -0.05) is 20.8 Å². The maximum absolute atomic E-state index is 3.71. The predicted octanol–water partition coefficient (Wildman–Crippen LogP) is 1.71. The summed E-state index contributed by atoms with van der Waals surface area (Å²) >= 11 is 0. The molecule has 0 aromatic heterocycles. The number of piperidine rings is 3. The van der Waals surface area contributed by atoms with Crippen molar-refractivity contribution in [3.05, 3.63) is 0 Å². The zero-order valence-corrected chi connectivity index (χ0v) is 9.79. The van der Waals surface area contributed by atoms with E-state index < -0.39 is 0 Å². The highest BCUT2D eigenvalue weighted by Crippen LogP contribution is 2.35. The van der Waals surface area contributed by atoms with Crippen LogP contribution >= 0.6 is 0 Å². The minimum absolute atomic E-state index is 0.766. The lowest BCUT2D eigenvalue weighted by Gasteiger charge is -2.53. The molecular weight excluding hydrogens is 172 g/mol. The SMILES string of the molecule is CCNC1C2CCN(CC2)C1C(C)C. The second-order valence-corrected chi connectivity index (χ2v) is 5.19. The standard InChI is InChI=1S/C12H24N2/c1-4-13-11-10-5-7-14(8-6-10)12(11)9(2)3/h9-13H,4-8H2,1-3H3. The normalized spacial score (nSPS) is 42.0. The second-order valence-electron chi connectivity index (χ2n) is 5.19. The summed E-state index contributed by atoms with van der Waals surface area (Å²) in [5.74, 6) is 1.74. The van der Waals surface area contributed by atoms with Gasteiger partial charge < -0.3 is 5.32 Å². The van der Waals surface area contributed by atoms with Crippen LogP contribution < -0.4 is 5.32 Å². The molecule has 0 aliphatic carbocycles. The van der Waals surface area contributed by atoms with Gasteiger partial charge in [0.1, 0.15) is 0 Å². The van der Waals surface area contributed by atoms with Crippen molar-refractivity contribution in [1.82, 2.24) is 10.2 Å². The van der Waals surface area contributed by atoms with Gasteiger partial charge in [0, 0.05) is 12.1 Å². The van der Waals surface area contributed by atoms with Crippen molar-refractivity contribution in [2.24, 2.45) is 11.8 Å². The molecule has 3 rings (SSSR count). The van der Waals surface area contributed by atoms with Crippen LogP contribution in [0.25, 0.3) is 0 Å². The van der Waals surface area contributed by atoms with Crippen LogP contribution in [0.5, 0.6) is 0 Å². The third-order valence-corrected chi connectivity index (χ3v) is 3.99. The molecule has 3 saturated heterocycles. The van der Waals surface area contributed by atoms with Crippen molar-refractivity contribution in [1.29, 1.82) is 0 Å². The van der Waals surface area contributed by atoms with Gasteiger partial charge in [0.25, 0.3) is 0 Å². The van der Waals surface area contributed by atoms with E-state index >= 15 is 0 Å². The van der Waals surface area contributed by atoms with E-state index in [4.69, 9.17) is 0 Å². The monoisotopic (exact) mass is 196 g/mol. The lowest BCUT2D eigenvalue weighted by atomic mass is 9.75. The van der Waals surface area contributed by atoms with Gasteiger partial charge in [-0.2, -0.15) is 0 Å². The zero-order valence-electron chi connectivity index (χ0n) is 9.79. The van der Waals surface area contributed by atoms with Crippen LogP contribution in [-0.2, 0) is 0 Å². The van der Waals surface area contributed by atoms with Gasteiger partial charge in [0.2, 0.25) is 0 Å². The summed E-state index contributed by atoms with van der Waals surface area (Å²) in [6, 6.07) is 1.56. The molecule has 2 nitrogen and oxygen atoms in total. The fourth-order valence-electron chi connectivity index (χ4n) is 3.44. The van der Waals surface area contributed by atoms with Crippen molar-refractivity contribution in [3.8, 4) is 0 Å². The summed E-state index contributed by atoms with van der Waals surface area (Å²) in [5, 5.41) is 3.71. The van der Waals surface area contributed by atoms with Crippen molar-refractivity contribution in [2.75, 3.05) is 19.6 Å². The molecule has 3 fully saturated rings. The maximum Gasteiger partial charge on any atom is 0.0274 e. The molecule has 3 heterocycles. The summed E-state index contributed by atoms with van der Waals surface area (Å²) in [6.07, 6.45) is 2.84. The number of nitrogens with one attached hydrogen (secondary N) is 1. The fraction of sp³-hybridized carbons (Fsp3) is 1.00. The van der Waals surface area contributed by atoms with Gasteiger partial charge in [0.05, 0.1) is 0 Å². The first-order valence-corrected chi connectivity index (χ1v) is 6.21. The fourth-order valence-corrected chi connectivity index (χ4v) is 3.44. The summed E-state index contributed by atoms with van der Waals surface area (Å²) in [6.45, 7) is 10.8. The number of hydrogen-bond acceptors (Lipinski definition) is 2. The summed E-state index contributed by atoms with van der Waals surface area (Å²) < 4.78 is 0. The van der Waals surface area contributed by atoms with Crippen LogP contribution in [0, 0.1) is 11.8 Å². The number of fused-ring (bicyclic) bond motifs is 3. The quantitative estimate of drug-likeness (QED) is 0.739. The van der Waals surface area contributed by atoms with Crippen LogP contribution in [-0.4, -0.2) is 36.6 Å². The molecule has 3 aliphatic heterocycles. The van der Waals surface area contributed by atoms with Gasteiger partial charge >= 0.3 is 0 Å². The van der Waals surface area contributed by atoms with Crippen molar-refractivity contribution < 1.29 is 0 Å². The van der Waals surface area contributed by atoms with Gasteiger partial charge in [-0.25, -0.2) is 0 Å². The lowest BCUT2D eigenvalue weighted by Crippen LogP contribution is -2.64. The molecule has 3 aliphatic rings. The Morgan fingerprint density at radius 1 is 1.29 bits per heavy atom. The van der Waals surface area contributed by atoms with E-state index in [1.54, 1.807) is 0 Å². The Bertz CT molecular complexity index is 183. The van der Waals surface area contributed by atoms with Gasteiger partial charge in [-0.05, 0) is 44.3 Å². The molecule has 0 aromatic rings. The average Bonchev–Trinajstić information content (AvgIpc) is 2.19. The molecule has 0 spiro atoms. The molecule has 0 amide bonds. The number of hydrogen-bond donors (Lipinski definition) is 1. The molecule has 2 bridgehead atoms. The molecule has 0 radical (unpaired) electrons. The number of likely N-dealkylation sites (N-methyl/N-ethyl adjacent to an activating group) is 1. The van der Waals surface area contributed by atoms with Crippen LogP contribution in [0.2, 0.25) is 0 Å². The Balaban J connectivity index is 2.10. The molecule has 0 saturated carbocycles. The van der Waals surface area contributed by atoms with E-state index in [9.17, 15) is 0 Å². The first-order chi connectivity index (χ1) is 6.74. The van der Waals surface area contributed by atoms with Crippen LogP contribution in [0.1, 0.15) is 33.6 Å². The average molecular weight is 196 g/mol. The molecule has 2 heteroatoms. The minimum Gasteiger partial charge on any atom is -0.312 e. The second kappa shape index (κ2) is 4.19. The molecule has 82 valence electrons. The van der Waals surface area contributed by atoms with E-state index in [0.29, 0.717) is 0 Å². The van der Waals surface area contributed by atoms with E-state index in [1.165, 1.54) is 25.9 Å². The first-order valence-electron chi connectivity index (χ1n) is 6.21. The number of nitrogens with zero attached hydrogens (tertiary/aromatic N) is 1. The largest absolute Gasteiger partial charge is 0.312 e. The summed E-state index contributed by atoms with van der Waals surface area (Å²) in [7, 11) is 0. The van der Waals surface area contributed by atoms with E-state index in [1.807, 2.05) is 0 Å². The predicted molar refractivity (Wildman–Crippen MR) is 60.4 cm³/mol. The van der Waals surface area contributed by atoms with Gasteiger partial charge in [-0.15, -0.1) is 0 Å². The highest BCUT2D eigenvalue weighted by Gasteiger charge is 2.42. The van der Waals surface area contributed by atoms with Gasteiger partial charge in [0.15, 0.2) is 0 Å². The van der Waals surface area contributed by atoms with E-state index in [-0.39, 0.29) is 0 Å². The van der Waals surface area contributed by atoms with E-state index in [2.05, 4.69) is 31.0 Å². The lowest BCUT2D eigenvalue weighted by molar-refractivity contribution is -0.00801. The third-order valence-electron chi connectivity index (χ3n) is 3.99. The van der Waals surface area contributed by atoms with Crippen LogP contribution in [0.15, 0.2) is 0 Å². The smallest absolute Gasteiger partial charge is 0.0274 e. The minimum atomic E-state index is 0.766. The molecule has 2 unspecified atom stereocenters. The molecule has 14 heavy (non-hydrogen) atoms. The molecule has 2 atom stereocenters. The Morgan fingerprint density at radius 2 is 1.93 bits per heavy atom. The van der Waals surface area contributed by atoms with Crippen LogP contribution in [0.3, 0.4) is 0 Å². The molecular formula is C12H24N2. The summed E-state index contributed by atoms with van der Waals surface area (Å²) in [4.78, 5) is 2.71. The topological polar surface area (TPSA) is 15.3 Å². The third kappa shape index (κ3) is 1.70. The zero-order chi connectivity index (χ0) is 10.1. The highest BCUT2D eigenvalue weighted by molar-refractivity contribution is 4.99. The Labute approximate surface area is 88.1 Å². The summed E-state index contributed by atoms with van der Waals surface area (Å²) in [5.41, 5.74) is 0. The van der Waals surface area contributed by atoms with Crippen molar-refractivity contribution >= 4 is 0 Å². The van der Waals surface area contributed by atoms with Gasteiger partial charge in [-0.3, -0.25) is 4.90 Å². The number of rotatable bonds is 3. The Morgan fingerprint density at radius 3 is 2.43 bits per heavy atom. The van der Waals surface area contributed by atoms with Crippen LogP contribution in [0.4, 0.5) is 0 Å².